The largest absolute Gasteiger partial charge is 0.317 e. The van der Waals surface area contributed by atoms with Gasteiger partial charge in [0.2, 0.25) is 0 Å². The highest BCUT2D eigenvalue weighted by atomic mass is 15.1. The quantitative estimate of drug-likeness (QED) is 0.889. The number of piperidine rings is 1. The van der Waals surface area contributed by atoms with E-state index < -0.39 is 0 Å². The molecule has 100 valence electrons. The molecule has 1 aliphatic heterocycles. The fourth-order valence-electron chi connectivity index (χ4n) is 3.08. The van der Waals surface area contributed by atoms with Crippen LogP contribution in [0.25, 0.3) is 0 Å². The topological polar surface area (TPSA) is 37.8 Å². The molecule has 0 aromatic carbocycles. The molecule has 0 amide bonds. The third-order valence-electron chi connectivity index (χ3n) is 4.07. The summed E-state index contributed by atoms with van der Waals surface area (Å²) in [6, 6.07) is 0. The molecular weight excluding hydrogens is 222 g/mol. The highest BCUT2D eigenvalue weighted by molar-refractivity contribution is 5.35. The number of aryl methyl sites for hydroxylation is 1. The number of nitrogens with one attached hydrogen (secondary N) is 1. The van der Waals surface area contributed by atoms with E-state index in [1.165, 1.54) is 35.4 Å². The molecule has 0 aliphatic carbocycles. The molecular formula is C15H25N3. The monoisotopic (exact) mass is 247 g/mol. The third-order valence-corrected chi connectivity index (χ3v) is 4.07. The van der Waals surface area contributed by atoms with E-state index in [4.69, 9.17) is 0 Å². The number of hydrogen-bond acceptors (Lipinski definition) is 3. The first-order valence-corrected chi connectivity index (χ1v) is 7.39. The van der Waals surface area contributed by atoms with Gasteiger partial charge in [-0.1, -0.05) is 20.8 Å². The number of nitrogens with zero attached hydrogens (tertiary/aromatic N) is 2. The molecule has 2 heterocycles. The van der Waals surface area contributed by atoms with Crippen LogP contribution >= 0.6 is 0 Å². The van der Waals surface area contributed by atoms with Crippen molar-refractivity contribution in [2.75, 3.05) is 13.1 Å². The second-order valence-electron chi connectivity index (χ2n) is 5.07. The Kier molecular flexibility index (Phi) is 4.70. The summed E-state index contributed by atoms with van der Waals surface area (Å²) >= 11 is 0. The summed E-state index contributed by atoms with van der Waals surface area (Å²) in [5.74, 6) is 0.616. The predicted octanol–water partition coefficient (Wildman–Crippen LogP) is 2.63. The van der Waals surface area contributed by atoms with Crippen LogP contribution in [0.5, 0.6) is 0 Å². The van der Waals surface area contributed by atoms with Gasteiger partial charge in [0.05, 0.1) is 11.4 Å². The van der Waals surface area contributed by atoms with Crippen molar-refractivity contribution in [3.8, 4) is 0 Å². The summed E-state index contributed by atoms with van der Waals surface area (Å²) in [6.45, 7) is 8.90. The Morgan fingerprint density at radius 3 is 2.17 bits per heavy atom. The van der Waals surface area contributed by atoms with Crippen molar-refractivity contribution in [1.82, 2.24) is 15.5 Å². The van der Waals surface area contributed by atoms with E-state index in [9.17, 15) is 0 Å². The molecule has 3 heteroatoms. The fourth-order valence-corrected chi connectivity index (χ4v) is 3.08. The molecule has 1 fully saturated rings. The van der Waals surface area contributed by atoms with Gasteiger partial charge in [-0.15, -0.1) is 0 Å². The summed E-state index contributed by atoms with van der Waals surface area (Å²) in [7, 11) is 0. The molecule has 1 saturated heterocycles. The van der Waals surface area contributed by atoms with Crippen molar-refractivity contribution in [3.05, 3.63) is 22.5 Å². The number of aromatic nitrogens is 2. The smallest absolute Gasteiger partial charge is 0.0697 e. The first kappa shape index (κ1) is 13.5. The summed E-state index contributed by atoms with van der Waals surface area (Å²) in [6.07, 6.45) is 5.58. The Morgan fingerprint density at radius 2 is 1.61 bits per heavy atom. The summed E-state index contributed by atoms with van der Waals surface area (Å²) in [5.41, 5.74) is 5.43. The molecule has 0 bridgehead atoms. The molecule has 2 rings (SSSR count). The Hall–Kier alpha value is -0.960. The first-order chi connectivity index (χ1) is 8.81. The lowest BCUT2D eigenvalue weighted by Crippen LogP contribution is -2.28. The minimum absolute atomic E-state index is 0.616. The maximum Gasteiger partial charge on any atom is 0.0697 e. The zero-order valence-electron chi connectivity index (χ0n) is 11.9. The van der Waals surface area contributed by atoms with Gasteiger partial charge in [-0.25, -0.2) is 0 Å². The molecule has 1 aromatic heterocycles. The second-order valence-corrected chi connectivity index (χ2v) is 5.07. The lowest BCUT2D eigenvalue weighted by atomic mass is 9.88. The van der Waals surface area contributed by atoms with E-state index in [0.717, 1.165) is 32.4 Å². The van der Waals surface area contributed by atoms with Crippen molar-refractivity contribution >= 4 is 0 Å². The van der Waals surface area contributed by atoms with Crippen molar-refractivity contribution < 1.29 is 0 Å². The van der Waals surface area contributed by atoms with E-state index in [1.807, 2.05) is 0 Å². The number of rotatable bonds is 4. The fraction of sp³-hybridized carbons (Fsp3) is 0.733. The Labute approximate surface area is 110 Å². The van der Waals surface area contributed by atoms with E-state index in [2.05, 4.69) is 36.3 Å². The predicted molar refractivity (Wildman–Crippen MR) is 75.0 cm³/mol. The maximum absolute atomic E-state index is 4.57. The Balaban J connectivity index is 2.40. The highest BCUT2D eigenvalue weighted by Crippen LogP contribution is 2.29. The van der Waals surface area contributed by atoms with Gasteiger partial charge in [-0.05, 0) is 56.3 Å². The standard InChI is InChI=1S/C15H25N3/c1-4-12-13(5-2)15(18-17-14(12)6-3)11-7-9-16-10-8-11/h11,16H,4-10H2,1-3H3. The van der Waals surface area contributed by atoms with Crippen LogP contribution in [0.4, 0.5) is 0 Å². The average molecular weight is 247 g/mol. The molecule has 0 unspecified atom stereocenters. The van der Waals surface area contributed by atoms with Gasteiger partial charge < -0.3 is 5.32 Å². The van der Waals surface area contributed by atoms with Crippen molar-refractivity contribution in [1.29, 1.82) is 0 Å². The molecule has 1 aliphatic rings. The second kappa shape index (κ2) is 6.28. The molecule has 1 N–H and O–H groups in total. The van der Waals surface area contributed by atoms with E-state index >= 15 is 0 Å². The first-order valence-electron chi connectivity index (χ1n) is 7.39. The maximum atomic E-state index is 4.57. The van der Waals surface area contributed by atoms with Gasteiger partial charge in [-0.3, -0.25) is 0 Å². The van der Waals surface area contributed by atoms with Crippen LogP contribution < -0.4 is 5.32 Å². The van der Waals surface area contributed by atoms with Crippen molar-refractivity contribution in [2.24, 2.45) is 0 Å². The van der Waals surface area contributed by atoms with Crippen LogP contribution in [0, 0.1) is 0 Å². The zero-order valence-corrected chi connectivity index (χ0v) is 11.9. The van der Waals surface area contributed by atoms with Crippen LogP contribution in [0.2, 0.25) is 0 Å². The van der Waals surface area contributed by atoms with Gasteiger partial charge in [-0.2, -0.15) is 10.2 Å². The van der Waals surface area contributed by atoms with Gasteiger partial charge in [0.15, 0.2) is 0 Å². The lowest BCUT2D eigenvalue weighted by molar-refractivity contribution is 0.446. The van der Waals surface area contributed by atoms with E-state index in [1.54, 1.807) is 0 Å². The minimum Gasteiger partial charge on any atom is -0.317 e. The molecule has 3 nitrogen and oxygen atoms in total. The third kappa shape index (κ3) is 2.56. The molecule has 0 radical (unpaired) electrons. The van der Waals surface area contributed by atoms with Crippen LogP contribution in [-0.4, -0.2) is 23.3 Å². The lowest BCUT2D eigenvalue weighted by Gasteiger charge is -2.25. The van der Waals surface area contributed by atoms with Crippen LogP contribution in [0.15, 0.2) is 0 Å². The van der Waals surface area contributed by atoms with E-state index in [-0.39, 0.29) is 0 Å². The molecule has 1 aromatic rings. The number of hydrogen-bond donors (Lipinski definition) is 1. The summed E-state index contributed by atoms with van der Waals surface area (Å²) < 4.78 is 0. The van der Waals surface area contributed by atoms with Crippen LogP contribution in [0.3, 0.4) is 0 Å². The molecule has 18 heavy (non-hydrogen) atoms. The average Bonchev–Trinajstić information content (AvgIpc) is 2.46. The minimum atomic E-state index is 0.616. The molecule has 0 spiro atoms. The van der Waals surface area contributed by atoms with Crippen LogP contribution in [-0.2, 0) is 19.3 Å². The molecule has 0 saturated carbocycles. The summed E-state index contributed by atoms with van der Waals surface area (Å²) in [4.78, 5) is 0. The van der Waals surface area contributed by atoms with Gasteiger partial charge >= 0.3 is 0 Å². The summed E-state index contributed by atoms with van der Waals surface area (Å²) in [5, 5.41) is 12.5. The van der Waals surface area contributed by atoms with Crippen molar-refractivity contribution in [2.45, 2.75) is 58.8 Å². The van der Waals surface area contributed by atoms with Gasteiger partial charge in [0.1, 0.15) is 0 Å². The van der Waals surface area contributed by atoms with Gasteiger partial charge in [0.25, 0.3) is 0 Å². The zero-order chi connectivity index (χ0) is 13.0. The van der Waals surface area contributed by atoms with Crippen molar-refractivity contribution in [3.63, 3.8) is 0 Å². The molecule has 0 atom stereocenters. The van der Waals surface area contributed by atoms with Crippen LogP contribution in [0.1, 0.15) is 62.0 Å². The van der Waals surface area contributed by atoms with Gasteiger partial charge in [0, 0.05) is 5.92 Å². The SMILES string of the molecule is CCc1nnc(C2CCNCC2)c(CC)c1CC. The normalized spacial score (nSPS) is 17.1. The van der Waals surface area contributed by atoms with E-state index in [0.29, 0.717) is 5.92 Å². The Morgan fingerprint density at radius 1 is 0.944 bits per heavy atom. The highest BCUT2D eigenvalue weighted by Gasteiger charge is 2.22. The Bertz CT molecular complexity index is 395.